The van der Waals surface area contributed by atoms with E-state index in [1.54, 1.807) is 16.8 Å². The van der Waals surface area contributed by atoms with Gasteiger partial charge >= 0.3 is 0 Å². The maximum absolute atomic E-state index is 12.3. The minimum atomic E-state index is -0.115. The molecule has 1 aliphatic carbocycles. The average molecular weight is 277 g/mol. The lowest BCUT2D eigenvalue weighted by Crippen LogP contribution is -2.40. The second-order valence-corrected chi connectivity index (χ2v) is 5.49. The van der Waals surface area contributed by atoms with Gasteiger partial charge in [0, 0.05) is 24.8 Å². The quantitative estimate of drug-likeness (QED) is 0.879. The molecule has 0 bridgehead atoms. The number of aromatic nitrogens is 1. The number of nitrogens with zero attached hydrogens (tertiary/aromatic N) is 1. The molecule has 0 spiro atoms. The van der Waals surface area contributed by atoms with Gasteiger partial charge in [0.05, 0.1) is 11.6 Å². The van der Waals surface area contributed by atoms with Crippen molar-refractivity contribution in [3.63, 3.8) is 0 Å². The third-order valence-corrected chi connectivity index (χ3v) is 3.87. The Morgan fingerprint density at radius 1 is 1.40 bits per heavy atom. The van der Waals surface area contributed by atoms with Crippen molar-refractivity contribution < 1.29 is 4.79 Å². The first-order chi connectivity index (χ1) is 9.61. The van der Waals surface area contributed by atoms with Crippen molar-refractivity contribution in [3.05, 3.63) is 28.7 Å². The van der Waals surface area contributed by atoms with Crippen molar-refractivity contribution in [1.82, 2.24) is 4.57 Å². The fourth-order valence-electron chi connectivity index (χ4n) is 2.74. The topological polar surface area (TPSA) is 77.1 Å². The predicted molar refractivity (Wildman–Crippen MR) is 79.6 cm³/mol. The average Bonchev–Trinajstić information content (AvgIpc) is 2.43. The summed E-state index contributed by atoms with van der Waals surface area (Å²) >= 11 is 0. The molecule has 1 amide bonds. The van der Waals surface area contributed by atoms with Crippen molar-refractivity contribution in [2.24, 2.45) is 11.7 Å². The largest absolute Gasteiger partial charge is 0.327 e. The van der Waals surface area contributed by atoms with E-state index in [-0.39, 0.29) is 23.4 Å². The summed E-state index contributed by atoms with van der Waals surface area (Å²) in [5.74, 6) is -0.144. The van der Waals surface area contributed by atoms with Crippen LogP contribution in [0.5, 0.6) is 0 Å². The molecule has 20 heavy (non-hydrogen) atoms. The van der Waals surface area contributed by atoms with Crippen LogP contribution in [-0.2, 0) is 11.3 Å². The van der Waals surface area contributed by atoms with Gasteiger partial charge in [-0.15, -0.1) is 0 Å². The number of nitrogens with two attached hydrogens (primary N) is 1. The van der Waals surface area contributed by atoms with Crippen LogP contribution in [0, 0.1) is 5.92 Å². The lowest BCUT2D eigenvalue weighted by atomic mass is 9.84. The number of amides is 1. The van der Waals surface area contributed by atoms with E-state index in [0.29, 0.717) is 12.2 Å². The summed E-state index contributed by atoms with van der Waals surface area (Å²) in [6.07, 6.45) is 6.51. The molecule has 1 heterocycles. The van der Waals surface area contributed by atoms with Gasteiger partial charge in [-0.2, -0.15) is 0 Å². The zero-order valence-corrected chi connectivity index (χ0v) is 12.0. The monoisotopic (exact) mass is 277 g/mol. The Kier molecular flexibility index (Phi) is 4.95. The highest BCUT2D eigenvalue weighted by Gasteiger charge is 2.28. The summed E-state index contributed by atoms with van der Waals surface area (Å²) in [5.41, 5.74) is 6.64. The summed E-state index contributed by atoms with van der Waals surface area (Å²) in [6, 6.07) is 3.09. The molecule has 0 aliphatic heterocycles. The second-order valence-electron chi connectivity index (χ2n) is 5.49. The fraction of sp³-hybridized carbons (Fsp3) is 0.600. The summed E-state index contributed by atoms with van der Waals surface area (Å²) in [6.45, 7) is 2.67. The Morgan fingerprint density at radius 3 is 2.85 bits per heavy atom. The Bertz CT molecular complexity index is 524. The van der Waals surface area contributed by atoms with Gasteiger partial charge in [-0.1, -0.05) is 19.8 Å². The molecule has 3 N–H and O–H groups in total. The van der Waals surface area contributed by atoms with Crippen LogP contribution in [-0.4, -0.2) is 16.5 Å². The third-order valence-electron chi connectivity index (χ3n) is 3.87. The SMILES string of the molecule is CCCn1cc(NC(=O)C2CCCCC2N)ccc1=O. The first-order valence-corrected chi connectivity index (χ1v) is 7.38. The highest BCUT2D eigenvalue weighted by Crippen LogP contribution is 2.24. The Morgan fingerprint density at radius 2 is 2.15 bits per heavy atom. The van der Waals surface area contributed by atoms with Crippen molar-refractivity contribution in [2.45, 2.75) is 51.6 Å². The number of anilines is 1. The molecule has 1 aromatic rings. The third kappa shape index (κ3) is 3.48. The molecule has 5 nitrogen and oxygen atoms in total. The van der Waals surface area contributed by atoms with Crippen LogP contribution < -0.4 is 16.6 Å². The smallest absolute Gasteiger partial charge is 0.250 e. The van der Waals surface area contributed by atoms with Gasteiger partial charge in [0.25, 0.3) is 5.56 Å². The molecule has 2 rings (SSSR count). The maximum atomic E-state index is 12.3. The van der Waals surface area contributed by atoms with E-state index in [1.165, 1.54) is 6.07 Å². The van der Waals surface area contributed by atoms with Crippen LogP contribution in [0.4, 0.5) is 5.69 Å². The molecule has 1 saturated carbocycles. The van der Waals surface area contributed by atoms with Crippen LogP contribution in [0.2, 0.25) is 0 Å². The number of rotatable bonds is 4. The molecule has 0 radical (unpaired) electrons. The van der Waals surface area contributed by atoms with E-state index in [0.717, 1.165) is 32.1 Å². The molecule has 2 atom stereocenters. The highest BCUT2D eigenvalue weighted by molar-refractivity contribution is 5.92. The molecule has 1 aliphatic rings. The molecule has 0 saturated heterocycles. The summed E-state index contributed by atoms with van der Waals surface area (Å²) in [5, 5.41) is 2.89. The number of aryl methyl sites for hydroxylation is 1. The minimum Gasteiger partial charge on any atom is -0.327 e. The molecule has 0 aromatic carbocycles. The highest BCUT2D eigenvalue weighted by atomic mass is 16.2. The normalized spacial score (nSPS) is 22.5. The Hall–Kier alpha value is -1.62. The molecule has 2 unspecified atom stereocenters. The van der Waals surface area contributed by atoms with E-state index in [2.05, 4.69) is 5.32 Å². The number of carbonyl (C=O) groups excluding carboxylic acids is 1. The Balaban J connectivity index is 2.07. The standard InChI is InChI=1S/C15H23N3O2/c1-2-9-18-10-11(7-8-14(18)19)17-15(20)12-5-3-4-6-13(12)16/h7-8,10,12-13H,2-6,9,16H2,1H3,(H,17,20). The molecule has 1 aromatic heterocycles. The summed E-state index contributed by atoms with van der Waals surface area (Å²) in [7, 11) is 0. The molecule has 110 valence electrons. The first-order valence-electron chi connectivity index (χ1n) is 7.38. The fourth-order valence-corrected chi connectivity index (χ4v) is 2.74. The van der Waals surface area contributed by atoms with Crippen molar-refractivity contribution in [2.75, 3.05) is 5.32 Å². The maximum Gasteiger partial charge on any atom is 0.250 e. The summed E-state index contributed by atoms with van der Waals surface area (Å²) in [4.78, 5) is 23.9. The number of nitrogens with one attached hydrogen (secondary N) is 1. The second kappa shape index (κ2) is 6.70. The van der Waals surface area contributed by atoms with Gasteiger partial charge in [0.15, 0.2) is 0 Å². The van der Waals surface area contributed by atoms with E-state index in [4.69, 9.17) is 5.73 Å². The molecular formula is C15H23N3O2. The van der Waals surface area contributed by atoms with Crippen molar-refractivity contribution in [3.8, 4) is 0 Å². The van der Waals surface area contributed by atoms with Gasteiger partial charge in [-0.05, 0) is 25.3 Å². The molecule has 5 heteroatoms. The number of hydrogen-bond donors (Lipinski definition) is 2. The van der Waals surface area contributed by atoms with Gasteiger partial charge < -0.3 is 15.6 Å². The van der Waals surface area contributed by atoms with Crippen LogP contribution in [0.15, 0.2) is 23.1 Å². The Labute approximate surface area is 119 Å². The van der Waals surface area contributed by atoms with Crippen molar-refractivity contribution >= 4 is 11.6 Å². The van der Waals surface area contributed by atoms with Crippen LogP contribution in [0.1, 0.15) is 39.0 Å². The van der Waals surface area contributed by atoms with Gasteiger partial charge in [-0.3, -0.25) is 9.59 Å². The molecule has 1 fully saturated rings. The summed E-state index contributed by atoms with van der Waals surface area (Å²) < 4.78 is 1.62. The van der Waals surface area contributed by atoms with Crippen LogP contribution >= 0.6 is 0 Å². The van der Waals surface area contributed by atoms with Gasteiger partial charge in [0.2, 0.25) is 5.91 Å². The van der Waals surface area contributed by atoms with E-state index in [9.17, 15) is 9.59 Å². The minimum absolute atomic E-state index is 0.0288. The predicted octanol–water partition coefficient (Wildman–Crippen LogP) is 1.71. The van der Waals surface area contributed by atoms with Crippen LogP contribution in [0.3, 0.4) is 0 Å². The lowest BCUT2D eigenvalue weighted by molar-refractivity contribution is -0.121. The lowest BCUT2D eigenvalue weighted by Gasteiger charge is -2.27. The van der Waals surface area contributed by atoms with E-state index < -0.39 is 0 Å². The van der Waals surface area contributed by atoms with Crippen LogP contribution in [0.25, 0.3) is 0 Å². The number of hydrogen-bond acceptors (Lipinski definition) is 3. The van der Waals surface area contributed by atoms with E-state index in [1.807, 2.05) is 6.92 Å². The number of carbonyl (C=O) groups is 1. The zero-order chi connectivity index (χ0) is 14.5. The zero-order valence-electron chi connectivity index (χ0n) is 12.0. The first kappa shape index (κ1) is 14.8. The van der Waals surface area contributed by atoms with E-state index >= 15 is 0 Å². The van der Waals surface area contributed by atoms with Crippen molar-refractivity contribution in [1.29, 1.82) is 0 Å². The molecular weight excluding hydrogens is 254 g/mol. The number of pyridine rings is 1. The van der Waals surface area contributed by atoms with Gasteiger partial charge in [0.1, 0.15) is 0 Å². The van der Waals surface area contributed by atoms with Gasteiger partial charge in [-0.25, -0.2) is 0 Å².